The average Bonchev–Trinajstić information content (AvgIpc) is 2.27. The van der Waals surface area contributed by atoms with Crippen LogP contribution in [0.4, 0.5) is 4.39 Å². The van der Waals surface area contributed by atoms with Crippen LogP contribution in [-0.2, 0) is 4.43 Å². The Bertz CT molecular complexity index is 398. The van der Waals surface area contributed by atoms with Crippen LogP contribution < -0.4 is 0 Å². The zero-order valence-electron chi connectivity index (χ0n) is 12.5. The normalized spacial score (nSPS) is 14.5. The van der Waals surface area contributed by atoms with Crippen molar-refractivity contribution in [2.45, 2.75) is 51.4 Å². The van der Waals surface area contributed by atoms with E-state index in [0.29, 0.717) is 5.88 Å². The lowest BCUT2D eigenvalue weighted by atomic mass is 10.1. The number of hydrogen-bond donors (Lipinski definition) is 0. The first-order valence-corrected chi connectivity index (χ1v) is 10.1. The van der Waals surface area contributed by atoms with Crippen molar-refractivity contribution in [3.05, 3.63) is 35.6 Å². The molecule has 0 aliphatic carbocycles. The third-order valence-electron chi connectivity index (χ3n) is 3.86. The highest BCUT2D eigenvalue weighted by atomic mass is 35.5. The Balaban J connectivity index is 2.93. The Morgan fingerprint density at radius 1 is 1.21 bits per heavy atom. The summed E-state index contributed by atoms with van der Waals surface area (Å²) < 4.78 is 19.4. The summed E-state index contributed by atoms with van der Waals surface area (Å²) in [6.07, 6.45) is 0.707. The lowest BCUT2D eigenvalue weighted by molar-refractivity contribution is 0.180. The quantitative estimate of drug-likeness (QED) is 0.514. The van der Waals surface area contributed by atoms with Gasteiger partial charge in [-0.25, -0.2) is 4.39 Å². The highest BCUT2D eigenvalue weighted by Crippen LogP contribution is 2.40. The van der Waals surface area contributed by atoms with Gasteiger partial charge < -0.3 is 4.43 Å². The van der Waals surface area contributed by atoms with E-state index in [2.05, 4.69) is 33.9 Å². The molecule has 0 unspecified atom stereocenters. The van der Waals surface area contributed by atoms with Gasteiger partial charge in [-0.2, -0.15) is 0 Å². The minimum absolute atomic E-state index is 0.0426. The van der Waals surface area contributed by atoms with Gasteiger partial charge in [0.15, 0.2) is 8.32 Å². The predicted molar refractivity (Wildman–Crippen MR) is 82.8 cm³/mol. The number of benzene rings is 1. The molecule has 1 nitrogen and oxygen atoms in total. The molecule has 1 aromatic rings. The van der Waals surface area contributed by atoms with Crippen LogP contribution >= 0.6 is 11.6 Å². The molecule has 1 aromatic carbocycles. The number of alkyl halides is 1. The second kappa shape index (κ2) is 6.38. The second-order valence-electron chi connectivity index (χ2n) is 6.40. The molecule has 0 heterocycles. The molecule has 0 aliphatic heterocycles. The molecule has 0 amide bonds. The van der Waals surface area contributed by atoms with E-state index in [1.165, 1.54) is 12.1 Å². The van der Waals surface area contributed by atoms with Crippen molar-refractivity contribution in [3.8, 4) is 0 Å². The van der Waals surface area contributed by atoms with Crippen molar-refractivity contribution < 1.29 is 8.82 Å². The molecule has 0 spiro atoms. The molecule has 0 fully saturated rings. The van der Waals surface area contributed by atoms with Crippen molar-refractivity contribution in [1.29, 1.82) is 0 Å². The van der Waals surface area contributed by atoms with Gasteiger partial charge in [0, 0.05) is 5.88 Å². The fourth-order valence-electron chi connectivity index (χ4n) is 1.60. The molecule has 0 N–H and O–H groups in total. The first-order chi connectivity index (χ1) is 8.67. The number of rotatable bonds is 5. The maximum absolute atomic E-state index is 13.0. The lowest BCUT2D eigenvalue weighted by Gasteiger charge is -2.39. The molecule has 0 radical (unpaired) electrons. The van der Waals surface area contributed by atoms with Crippen molar-refractivity contribution in [1.82, 2.24) is 0 Å². The van der Waals surface area contributed by atoms with Crippen LogP contribution in [0.25, 0.3) is 0 Å². The molecule has 0 aromatic heterocycles. The van der Waals surface area contributed by atoms with E-state index in [1.54, 1.807) is 12.1 Å². The van der Waals surface area contributed by atoms with Gasteiger partial charge in [0.2, 0.25) is 0 Å². The van der Waals surface area contributed by atoms with Crippen LogP contribution in [-0.4, -0.2) is 14.2 Å². The van der Waals surface area contributed by atoms with E-state index < -0.39 is 8.32 Å². The molecule has 0 saturated heterocycles. The average molecular weight is 303 g/mol. The minimum atomic E-state index is -1.85. The molecule has 0 aliphatic rings. The Morgan fingerprint density at radius 2 is 1.74 bits per heavy atom. The topological polar surface area (TPSA) is 9.23 Å². The van der Waals surface area contributed by atoms with E-state index in [9.17, 15) is 4.39 Å². The smallest absolute Gasteiger partial charge is 0.192 e. The van der Waals surface area contributed by atoms with Crippen LogP contribution in [0, 0.1) is 5.82 Å². The summed E-state index contributed by atoms with van der Waals surface area (Å²) in [5.41, 5.74) is 1.01. The molecule has 19 heavy (non-hydrogen) atoms. The standard InChI is InChI=1S/C15H24ClFOSi/c1-15(2,3)19(4,5)18-14(10-11-16)12-6-8-13(17)9-7-12/h6-9,14H,10-11H2,1-5H3/t14-/m0/s1. The summed E-state index contributed by atoms with van der Waals surface area (Å²) in [6, 6.07) is 6.54. The maximum atomic E-state index is 13.0. The highest BCUT2D eigenvalue weighted by molar-refractivity contribution is 6.74. The SMILES string of the molecule is CC(C)(C)[Si](C)(C)O[C@@H](CCCl)c1ccc(F)cc1. The third-order valence-corrected chi connectivity index (χ3v) is 8.56. The Labute approximate surface area is 122 Å². The number of halogens is 2. The molecule has 0 saturated carbocycles. The molecule has 0 bridgehead atoms. The monoisotopic (exact) mass is 302 g/mol. The molecular weight excluding hydrogens is 279 g/mol. The number of hydrogen-bond acceptors (Lipinski definition) is 1. The first-order valence-electron chi connectivity index (χ1n) is 6.66. The Kier molecular flexibility index (Phi) is 5.60. The van der Waals surface area contributed by atoms with Gasteiger partial charge in [-0.1, -0.05) is 32.9 Å². The highest BCUT2D eigenvalue weighted by Gasteiger charge is 2.39. The summed E-state index contributed by atoms with van der Waals surface area (Å²) in [6.45, 7) is 11.1. The van der Waals surface area contributed by atoms with Crippen molar-refractivity contribution in [3.63, 3.8) is 0 Å². The van der Waals surface area contributed by atoms with Crippen molar-refractivity contribution >= 4 is 19.9 Å². The third kappa shape index (κ3) is 4.58. The predicted octanol–water partition coefficient (Wildman–Crippen LogP) is 5.52. The van der Waals surface area contributed by atoms with Crippen LogP contribution in [0.1, 0.15) is 38.9 Å². The molecule has 1 atom stereocenters. The van der Waals surface area contributed by atoms with Gasteiger partial charge in [0.25, 0.3) is 0 Å². The molecule has 4 heteroatoms. The van der Waals surface area contributed by atoms with Gasteiger partial charge >= 0.3 is 0 Å². The van der Waals surface area contributed by atoms with Gasteiger partial charge in [0.1, 0.15) is 5.82 Å². The lowest BCUT2D eigenvalue weighted by Crippen LogP contribution is -2.41. The van der Waals surface area contributed by atoms with E-state index in [4.69, 9.17) is 16.0 Å². The van der Waals surface area contributed by atoms with E-state index in [0.717, 1.165) is 12.0 Å². The summed E-state index contributed by atoms with van der Waals surface area (Å²) >= 11 is 5.88. The summed E-state index contributed by atoms with van der Waals surface area (Å²) in [5.74, 6) is 0.317. The fraction of sp³-hybridized carbons (Fsp3) is 0.600. The van der Waals surface area contributed by atoms with Gasteiger partial charge in [0.05, 0.1) is 6.10 Å². The van der Waals surface area contributed by atoms with Crippen molar-refractivity contribution in [2.75, 3.05) is 5.88 Å². The second-order valence-corrected chi connectivity index (χ2v) is 11.5. The summed E-state index contributed by atoms with van der Waals surface area (Å²) in [5, 5.41) is 0.150. The molecular formula is C15H24ClFOSi. The summed E-state index contributed by atoms with van der Waals surface area (Å²) in [4.78, 5) is 0. The fourth-order valence-corrected chi connectivity index (χ4v) is 3.12. The zero-order valence-corrected chi connectivity index (χ0v) is 14.2. The first kappa shape index (κ1) is 16.7. The summed E-state index contributed by atoms with van der Waals surface area (Å²) in [7, 11) is -1.85. The van der Waals surface area contributed by atoms with E-state index in [1.807, 2.05) is 0 Å². The van der Waals surface area contributed by atoms with Crippen molar-refractivity contribution in [2.24, 2.45) is 0 Å². The largest absolute Gasteiger partial charge is 0.410 e. The van der Waals surface area contributed by atoms with Gasteiger partial charge in [-0.05, 0) is 42.2 Å². The zero-order chi connectivity index (χ0) is 14.7. The van der Waals surface area contributed by atoms with Gasteiger partial charge in [-0.15, -0.1) is 11.6 Å². The minimum Gasteiger partial charge on any atom is -0.410 e. The van der Waals surface area contributed by atoms with Crippen LogP contribution in [0.3, 0.4) is 0 Å². The van der Waals surface area contributed by atoms with E-state index in [-0.39, 0.29) is 17.0 Å². The Morgan fingerprint density at radius 3 is 2.16 bits per heavy atom. The Hall–Kier alpha value is -0.383. The maximum Gasteiger partial charge on any atom is 0.192 e. The van der Waals surface area contributed by atoms with Gasteiger partial charge in [-0.3, -0.25) is 0 Å². The molecule has 1 rings (SSSR count). The van der Waals surface area contributed by atoms with Crippen LogP contribution in [0.5, 0.6) is 0 Å². The molecule has 108 valence electrons. The van der Waals surface area contributed by atoms with Crippen LogP contribution in [0.15, 0.2) is 24.3 Å². The van der Waals surface area contributed by atoms with E-state index >= 15 is 0 Å². The van der Waals surface area contributed by atoms with Crippen LogP contribution in [0.2, 0.25) is 18.1 Å².